The molecule has 1 aliphatic rings. The zero-order valence-corrected chi connectivity index (χ0v) is 13.5. The predicted octanol–water partition coefficient (Wildman–Crippen LogP) is 3.26. The first-order valence-corrected chi connectivity index (χ1v) is 7.52. The lowest BCUT2D eigenvalue weighted by atomic mass is 9.82. The van der Waals surface area contributed by atoms with Gasteiger partial charge in [-0.1, -0.05) is 52.9 Å². The van der Waals surface area contributed by atoms with Gasteiger partial charge in [-0.15, -0.1) is 12.4 Å². The van der Waals surface area contributed by atoms with Crippen LogP contribution in [0.2, 0.25) is 0 Å². The number of halogens is 1. The molecule has 0 spiro atoms. The van der Waals surface area contributed by atoms with E-state index in [1.807, 2.05) is 6.92 Å². The Bertz CT molecular complexity index is 263. The van der Waals surface area contributed by atoms with E-state index < -0.39 is 0 Å². The molecule has 1 amide bonds. The Morgan fingerprint density at radius 3 is 2.26 bits per heavy atom. The van der Waals surface area contributed by atoms with Gasteiger partial charge < -0.3 is 11.1 Å². The summed E-state index contributed by atoms with van der Waals surface area (Å²) >= 11 is 0. The largest absolute Gasteiger partial charge is 0.354 e. The van der Waals surface area contributed by atoms with Gasteiger partial charge in [0.2, 0.25) is 5.91 Å². The second-order valence-electron chi connectivity index (χ2n) is 6.35. The van der Waals surface area contributed by atoms with E-state index in [9.17, 15) is 4.79 Å². The molecule has 0 aliphatic heterocycles. The van der Waals surface area contributed by atoms with Crippen molar-refractivity contribution in [2.45, 2.75) is 71.8 Å². The van der Waals surface area contributed by atoms with E-state index in [1.165, 1.54) is 38.5 Å². The number of amides is 1. The highest BCUT2D eigenvalue weighted by atomic mass is 35.5. The molecule has 1 rings (SSSR count). The van der Waals surface area contributed by atoms with Crippen LogP contribution < -0.4 is 11.1 Å². The van der Waals surface area contributed by atoms with Gasteiger partial charge in [-0.25, -0.2) is 0 Å². The Morgan fingerprint density at radius 1 is 1.26 bits per heavy atom. The van der Waals surface area contributed by atoms with E-state index in [0.717, 1.165) is 13.0 Å². The van der Waals surface area contributed by atoms with E-state index >= 15 is 0 Å². The van der Waals surface area contributed by atoms with Crippen LogP contribution in [0.5, 0.6) is 0 Å². The highest BCUT2D eigenvalue weighted by Gasteiger charge is 2.27. The molecule has 1 aliphatic carbocycles. The Hall–Kier alpha value is -0.280. The third kappa shape index (κ3) is 6.13. The van der Waals surface area contributed by atoms with Crippen LogP contribution in [0.1, 0.15) is 65.7 Å². The highest BCUT2D eigenvalue weighted by molar-refractivity contribution is 5.85. The average molecular weight is 291 g/mol. The molecule has 0 heterocycles. The first-order valence-electron chi connectivity index (χ1n) is 7.52. The minimum atomic E-state index is -0.357. The van der Waals surface area contributed by atoms with Crippen molar-refractivity contribution in [1.29, 1.82) is 0 Å². The van der Waals surface area contributed by atoms with E-state index in [0.29, 0.717) is 0 Å². The van der Waals surface area contributed by atoms with Gasteiger partial charge in [0.05, 0.1) is 6.04 Å². The molecule has 0 aromatic carbocycles. The Balaban J connectivity index is 0.00000324. The van der Waals surface area contributed by atoms with Crippen LogP contribution >= 0.6 is 12.4 Å². The molecule has 2 atom stereocenters. The molecule has 0 aromatic rings. The monoisotopic (exact) mass is 290 g/mol. The van der Waals surface area contributed by atoms with Gasteiger partial charge >= 0.3 is 0 Å². The molecule has 3 nitrogen and oxygen atoms in total. The van der Waals surface area contributed by atoms with Crippen LogP contribution in [0.4, 0.5) is 0 Å². The molecular formula is C15H31ClN2O. The number of carbonyl (C=O) groups is 1. The SMILES string of the molecule is CCC(C)C(N)C(=O)NCC1(C)CCCCCC1.Cl. The normalized spacial score (nSPS) is 21.7. The smallest absolute Gasteiger partial charge is 0.237 e. The fourth-order valence-electron chi connectivity index (χ4n) is 2.69. The topological polar surface area (TPSA) is 55.1 Å². The summed E-state index contributed by atoms with van der Waals surface area (Å²) in [5, 5.41) is 3.07. The molecule has 114 valence electrons. The zero-order chi connectivity index (χ0) is 13.6. The van der Waals surface area contributed by atoms with Crippen molar-refractivity contribution < 1.29 is 4.79 Å². The fraction of sp³-hybridized carbons (Fsp3) is 0.933. The van der Waals surface area contributed by atoms with Crippen molar-refractivity contribution in [3.8, 4) is 0 Å². The van der Waals surface area contributed by atoms with Gasteiger partial charge in [0.15, 0.2) is 0 Å². The highest BCUT2D eigenvalue weighted by Crippen LogP contribution is 2.33. The Morgan fingerprint density at radius 2 is 1.79 bits per heavy atom. The van der Waals surface area contributed by atoms with Crippen molar-refractivity contribution in [3.05, 3.63) is 0 Å². The van der Waals surface area contributed by atoms with Gasteiger partial charge in [-0.2, -0.15) is 0 Å². The maximum atomic E-state index is 12.0. The minimum Gasteiger partial charge on any atom is -0.354 e. The molecule has 3 N–H and O–H groups in total. The molecule has 1 fully saturated rings. The zero-order valence-electron chi connectivity index (χ0n) is 12.7. The molecule has 2 unspecified atom stereocenters. The minimum absolute atomic E-state index is 0. The Kier molecular flexibility index (Phi) is 8.67. The Labute approximate surface area is 124 Å². The number of carbonyl (C=O) groups excluding carboxylic acids is 1. The van der Waals surface area contributed by atoms with E-state index in [2.05, 4.69) is 19.2 Å². The summed E-state index contributed by atoms with van der Waals surface area (Å²) in [5.74, 6) is 0.279. The molecule has 0 bridgehead atoms. The molecular weight excluding hydrogens is 260 g/mol. The maximum absolute atomic E-state index is 12.0. The van der Waals surface area contributed by atoms with Crippen LogP contribution in [0.15, 0.2) is 0 Å². The lowest BCUT2D eigenvalue weighted by Crippen LogP contribution is -2.47. The third-order valence-corrected chi connectivity index (χ3v) is 4.56. The summed E-state index contributed by atoms with van der Waals surface area (Å²) in [6, 6.07) is -0.357. The predicted molar refractivity (Wildman–Crippen MR) is 83.5 cm³/mol. The number of nitrogens with one attached hydrogen (secondary N) is 1. The van der Waals surface area contributed by atoms with Crippen molar-refractivity contribution in [3.63, 3.8) is 0 Å². The van der Waals surface area contributed by atoms with Gasteiger partial charge in [-0.05, 0) is 24.2 Å². The number of hydrogen-bond donors (Lipinski definition) is 2. The van der Waals surface area contributed by atoms with E-state index in [-0.39, 0.29) is 35.7 Å². The second kappa shape index (κ2) is 8.80. The van der Waals surface area contributed by atoms with Gasteiger partial charge in [0, 0.05) is 6.54 Å². The van der Waals surface area contributed by atoms with Crippen molar-refractivity contribution >= 4 is 18.3 Å². The second-order valence-corrected chi connectivity index (χ2v) is 6.35. The van der Waals surface area contributed by atoms with Crippen LogP contribution in [0.25, 0.3) is 0 Å². The van der Waals surface area contributed by atoms with Gasteiger partial charge in [0.25, 0.3) is 0 Å². The molecule has 0 aromatic heterocycles. The molecule has 1 saturated carbocycles. The van der Waals surface area contributed by atoms with Crippen molar-refractivity contribution in [2.75, 3.05) is 6.54 Å². The summed E-state index contributed by atoms with van der Waals surface area (Å²) < 4.78 is 0. The van der Waals surface area contributed by atoms with Crippen LogP contribution in [0.3, 0.4) is 0 Å². The molecule has 0 saturated heterocycles. The van der Waals surface area contributed by atoms with Crippen LogP contribution in [-0.4, -0.2) is 18.5 Å². The number of nitrogens with two attached hydrogens (primary N) is 1. The van der Waals surface area contributed by atoms with Gasteiger partial charge in [-0.3, -0.25) is 4.79 Å². The molecule has 19 heavy (non-hydrogen) atoms. The average Bonchev–Trinajstić information content (AvgIpc) is 2.59. The summed E-state index contributed by atoms with van der Waals surface area (Å²) in [4.78, 5) is 12.0. The lowest BCUT2D eigenvalue weighted by Gasteiger charge is -2.29. The van der Waals surface area contributed by atoms with Crippen molar-refractivity contribution in [1.82, 2.24) is 5.32 Å². The van der Waals surface area contributed by atoms with Gasteiger partial charge in [0.1, 0.15) is 0 Å². The quantitative estimate of drug-likeness (QED) is 0.764. The third-order valence-electron chi connectivity index (χ3n) is 4.56. The summed E-state index contributed by atoms with van der Waals surface area (Å²) in [6.45, 7) is 7.20. The van der Waals surface area contributed by atoms with Crippen molar-refractivity contribution in [2.24, 2.45) is 17.1 Å². The van der Waals surface area contributed by atoms with E-state index in [1.54, 1.807) is 0 Å². The first-order chi connectivity index (χ1) is 8.48. The maximum Gasteiger partial charge on any atom is 0.237 e. The fourth-order valence-corrected chi connectivity index (χ4v) is 2.69. The summed E-state index contributed by atoms with van der Waals surface area (Å²) in [5.41, 5.74) is 6.23. The summed E-state index contributed by atoms with van der Waals surface area (Å²) in [6.07, 6.45) is 8.68. The summed E-state index contributed by atoms with van der Waals surface area (Å²) in [7, 11) is 0. The van der Waals surface area contributed by atoms with Crippen LogP contribution in [-0.2, 0) is 4.79 Å². The number of rotatable bonds is 5. The standard InChI is InChI=1S/C15H30N2O.ClH/c1-4-12(2)13(16)14(18)17-11-15(3)9-7-5-6-8-10-15;/h12-13H,4-11,16H2,1-3H3,(H,17,18);1H. The first kappa shape index (κ1) is 18.7. The van der Waals surface area contributed by atoms with Crippen LogP contribution in [0, 0.1) is 11.3 Å². The lowest BCUT2D eigenvalue weighted by molar-refractivity contribution is -0.123. The molecule has 0 radical (unpaired) electrons. The van der Waals surface area contributed by atoms with E-state index in [4.69, 9.17) is 5.73 Å². The molecule has 4 heteroatoms. The number of hydrogen-bond acceptors (Lipinski definition) is 2.